The average Bonchev–Trinajstić information content (AvgIpc) is 3.24. The molecule has 0 bridgehead atoms. The van der Waals surface area contributed by atoms with Crippen molar-refractivity contribution in [2.24, 2.45) is 0 Å². The number of carbonyl (C=O) groups excluding carboxylic acids is 2. The number of nitrogens with one attached hydrogen (secondary N) is 1. The molecule has 154 valence electrons. The minimum Gasteiger partial charge on any atom is -0.507 e. The van der Waals surface area contributed by atoms with E-state index in [1.54, 1.807) is 25.1 Å². The maximum Gasteiger partial charge on any atom is 0.342 e. The number of anilines is 1. The predicted molar refractivity (Wildman–Crippen MR) is 106 cm³/mol. The molecule has 8 nitrogen and oxygen atoms in total. The van der Waals surface area contributed by atoms with Crippen LogP contribution in [0.5, 0.6) is 5.75 Å². The number of nitrogens with zero attached hydrogens (tertiary/aromatic N) is 1. The van der Waals surface area contributed by atoms with E-state index in [0.29, 0.717) is 18.7 Å². The van der Waals surface area contributed by atoms with Crippen LogP contribution >= 0.6 is 0 Å². The number of aryl methyl sites for hydroxylation is 1. The van der Waals surface area contributed by atoms with Crippen LogP contribution in [0.25, 0.3) is 0 Å². The molecule has 0 saturated carbocycles. The fraction of sp³-hybridized carbons (Fsp3) is 0.300. The third-order valence-corrected chi connectivity index (χ3v) is 6.51. The molecule has 1 amide bonds. The Morgan fingerprint density at radius 2 is 1.83 bits per heavy atom. The monoisotopic (exact) mass is 418 g/mol. The van der Waals surface area contributed by atoms with E-state index in [4.69, 9.17) is 4.74 Å². The molecular formula is C20H22N2O6S. The van der Waals surface area contributed by atoms with E-state index in [0.717, 1.165) is 12.8 Å². The van der Waals surface area contributed by atoms with Gasteiger partial charge in [-0.25, -0.2) is 13.2 Å². The van der Waals surface area contributed by atoms with Crippen molar-refractivity contribution in [1.82, 2.24) is 4.31 Å². The molecule has 0 spiro atoms. The van der Waals surface area contributed by atoms with E-state index in [9.17, 15) is 23.1 Å². The van der Waals surface area contributed by atoms with Crippen LogP contribution in [0.3, 0.4) is 0 Å². The molecule has 3 rings (SSSR count). The van der Waals surface area contributed by atoms with Crippen molar-refractivity contribution in [3.05, 3.63) is 53.6 Å². The number of phenols is 1. The number of para-hydroxylation sites is 1. The molecule has 0 atom stereocenters. The summed E-state index contributed by atoms with van der Waals surface area (Å²) in [4.78, 5) is 24.3. The summed E-state index contributed by atoms with van der Waals surface area (Å²) in [6.07, 6.45) is 1.66. The Labute approximate surface area is 169 Å². The number of amides is 1. The van der Waals surface area contributed by atoms with Gasteiger partial charge in [0.2, 0.25) is 10.0 Å². The number of carbonyl (C=O) groups is 2. The highest BCUT2D eigenvalue weighted by atomic mass is 32.2. The molecule has 0 aromatic heterocycles. The molecule has 1 heterocycles. The highest BCUT2D eigenvalue weighted by Crippen LogP contribution is 2.24. The zero-order chi connectivity index (χ0) is 21.0. The van der Waals surface area contributed by atoms with Crippen molar-refractivity contribution in [1.29, 1.82) is 0 Å². The second-order valence-electron chi connectivity index (χ2n) is 6.73. The van der Waals surface area contributed by atoms with Crippen molar-refractivity contribution in [2.75, 3.05) is 25.0 Å². The molecule has 2 aromatic carbocycles. The van der Waals surface area contributed by atoms with Crippen LogP contribution < -0.4 is 5.32 Å². The van der Waals surface area contributed by atoms with Gasteiger partial charge >= 0.3 is 5.97 Å². The van der Waals surface area contributed by atoms with E-state index < -0.39 is 28.5 Å². The molecule has 0 unspecified atom stereocenters. The number of phenolic OH excluding ortho intramolecular Hbond substituents is 1. The number of hydrogen-bond donors (Lipinski definition) is 2. The lowest BCUT2D eigenvalue weighted by atomic mass is 10.1. The Hall–Kier alpha value is -2.91. The first-order chi connectivity index (χ1) is 13.8. The standard InChI is InChI=1S/C20H22N2O6S/c1-14-6-4-9-17(19(14)24)20(25)28-13-18(23)21-15-7-5-8-16(12-15)29(26,27)22-10-2-3-11-22/h4-9,12,24H,2-3,10-11,13H2,1H3,(H,21,23). The maximum atomic E-state index is 12.6. The molecule has 2 N–H and O–H groups in total. The highest BCUT2D eigenvalue weighted by Gasteiger charge is 2.27. The van der Waals surface area contributed by atoms with Crippen molar-refractivity contribution >= 4 is 27.6 Å². The predicted octanol–water partition coefficient (Wildman–Crippen LogP) is 2.28. The normalized spacial score (nSPS) is 14.5. The summed E-state index contributed by atoms with van der Waals surface area (Å²) >= 11 is 0. The number of sulfonamides is 1. The number of aromatic hydroxyl groups is 1. The third-order valence-electron chi connectivity index (χ3n) is 4.61. The van der Waals surface area contributed by atoms with Gasteiger partial charge in [-0.2, -0.15) is 4.31 Å². The summed E-state index contributed by atoms with van der Waals surface area (Å²) in [6, 6.07) is 10.6. The van der Waals surface area contributed by atoms with Gasteiger partial charge in [0.25, 0.3) is 5.91 Å². The van der Waals surface area contributed by atoms with Gasteiger partial charge in [-0.15, -0.1) is 0 Å². The Bertz CT molecular complexity index is 1030. The van der Waals surface area contributed by atoms with Gasteiger partial charge in [0.15, 0.2) is 6.61 Å². The van der Waals surface area contributed by atoms with Gasteiger partial charge in [-0.3, -0.25) is 4.79 Å². The first-order valence-electron chi connectivity index (χ1n) is 9.15. The smallest absolute Gasteiger partial charge is 0.342 e. The minimum atomic E-state index is -3.60. The lowest BCUT2D eigenvalue weighted by Gasteiger charge is -2.16. The van der Waals surface area contributed by atoms with Crippen LogP contribution in [-0.2, 0) is 19.6 Å². The van der Waals surface area contributed by atoms with Gasteiger partial charge in [-0.05, 0) is 49.6 Å². The van der Waals surface area contributed by atoms with Crippen molar-refractivity contribution in [3.8, 4) is 5.75 Å². The first-order valence-corrected chi connectivity index (χ1v) is 10.6. The van der Waals surface area contributed by atoms with E-state index in [1.165, 1.54) is 28.6 Å². The molecule has 0 aliphatic carbocycles. The quantitative estimate of drug-likeness (QED) is 0.696. The third kappa shape index (κ3) is 4.75. The number of hydrogen-bond acceptors (Lipinski definition) is 6. The second kappa shape index (κ2) is 8.62. The molecule has 1 aliphatic heterocycles. The number of benzene rings is 2. The first kappa shape index (κ1) is 20.8. The Balaban J connectivity index is 1.62. The number of ether oxygens (including phenoxy) is 1. The van der Waals surface area contributed by atoms with Gasteiger partial charge in [0.1, 0.15) is 11.3 Å². The van der Waals surface area contributed by atoms with E-state index in [1.807, 2.05) is 0 Å². The van der Waals surface area contributed by atoms with Gasteiger partial charge in [0.05, 0.1) is 4.90 Å². The van der Waals surface area contributed by atoms with Gasteiger partial charge in [0, 0.05) is 18.8 Å². The molecule has 2 aromatic rings. The second-order valence-corrected chi connectivity index (χ2v) is 8.67. The van der Waals surface area contributed by atoms with Crippen LogP contribution in [0.4, 0.5) is 5.69 Å². The summed E-state index contributed by atoms with van der Waals surface area (Å²) in [5.74, 6) is -1.65. The van der Waals surface area contributed by atoms with Crippen LogP contribution in [-0.4, -0.2) is 49.4 Å². The maximum absolute atomic E-state index is 12.6. The zero-order valence-electron chi connectivity index (χ0n) is 15.9. The minimum absolute atomic E-state index is 0.0310. The number of rotatable bonds is 6. The van der Waals surface area contributed by atoms with Crippen LogP contribution in [0.2, 0.25) is 0 Å². The molecule has 1 fully saturated rings. The molecule has 1 aliphatic rings. The topological polar surface area (TPSA) is 113 Å². The highest BCUT2D eigenvalue weighted by molar-refractivity contribution is 7.89. The van der Waals surface area contributed by atoms with Crippen LogP contribution in [0.1, 0.15) is 28.8 Å². The summed E-state index contributed by atoms with van der Waals surface area (Å²) < 4.78 is 31.6. The Morgan fingerprint density at radius 3 is 2.55 bits per heavy atom. The lowest BCUT2D eigenvalue weighted by Crippen LogP contribution is -2.28. The molecule has 29 heavy (non-hydrogen) atoms. The fourth-order valence-corrected chi connectivity index (χ4v) is 4.60. The van der Waals surface area contributed by atoms with Gasteiger partial charge in [-0.1, -0.05) is 18.2 Å². The largest absolute Gasteiger partial charge is 0.507 e. The summed E-state index contributed by atoms with van der Waals surface area (Å²) in [7, 11) is -3.60. The van der Waals surface area contributed by atoms with E-state index in [2.05, 4.69) is 5.32 Å². The number of esters is 1. The summed E-state index contributed by atoms with van der Waals surface area (Å²) in [5.41, 5.74) is 0.765. The van der Waals surface area contributed by atoms with Gasteiger partial charge < -0.3 is 15.2 Å². The van der Waals surface area contributed by atoms with Crippen molar-refractivity contribution in [2.45, 2.75) is 24.7 Å². The van der Waals surface area contributed by atoms with E-state index >= 15 is 0 Å². The summed E-state index contributed by atoms with van der Waals surface area (Å²) in [5, 5.41) is 12.4. The Morgan fingerprint density at radius 1 is 1.14 bits per heavy atom. The molecule has 0 radical (unpaired) electrons. The SMILES string of the molecule is Cc1cccc(C(=O)OCC(=O)Nc2cccc(S(=O)(=O)N3CCCC3)c2)c1O. The molecular weight excluding hydrogens is 396 g/mol. The molecule has 1 saturated heterocycles. The van der Waals surface area contributed by atoms with Crippen molar-refractivity contribution < 1.29 is 27.9 Å². The fourth-order valence-electron chi connectivity index (χ4n) is 3.04. The lowest BCUT2D eigenvalue weighted by molar-refractivity contribution is -0.119. The van der Waals surface area contributed by atoms with Crippen LogP contribution in [0.15, 0.2) is 47.4 Å². The zero-order valence-corrected chi connectivity index (χ0v) is 16.7. The van der Waals surface area contributed by atoms with E-state index in [-0.39, 0.29) is 21.9 Å². The van der Waals surface area contributed by atoms with Crippen LogP contribution in [0, 0.1) is 6.92 Å². The summed E-state index contributed by atoms with van der Waals surface area (Å²) in [6.45, 7) is 2.04. The Kier molecular flexibility index (Phi) is 6.19. The molecule has 9 heteroatoms. The van der Waals surface area contributed by atoms with Crippen molar-refractivity contribution in [3.63, 3.8) is 0 Å². The average molecular weight is 418 g/mol.